The highest BCUT2D eigenvalue weighted by Crippen LogP contribution is 2.27. The fourth-order valence-corrected chi connectivity index (χ4v) is 4.76. The quantitative estimate of drug-likeness (QED) is 0.672. The normalized spacial score (nSPS) is 21.4. The highest BCUT2D eigenvalue weighted by molar-refractivity contribution is 6.00. The molecule has 0 aliphatic carbocycles. The number of rotatable bonds is 4. The van der Waals surface area contributed by atoms with Crippen LogP contribution in [0.1, 0.15) is 12.1 Å². The molecule has 4 heterocycles. The molecule has 0 spiro atoms. The minimum absolute atomic E-state index is 0.00298. The molecule has 0 N–H and O–H groups in total. The van der Waals surface area contributed by atoms with Crippen molar-refractivity contribution in [3.8, 4) is 0 Å². The maximum absolute atomic E-state index is 13.2. The zero-order valence-corrected chi connectivity index (χ0v) is 19.3. The van der Waals surface area contributed by atoms with Crippen molar-refractivity contribution >= 4 is 29.3 Å². The van der Waals surface area contributed by atoms with Gasteiger partial charge in [-0.15, -0.1) is 0 Å². The minimum atomic E-state index is -0.382. The standard InChI is InChI=1S/C24H29FN6O3/c1-17-14-21(28-10-12-34-13-11-28)27-24(26-17)30-8-6-29(7-9-30)23(33)18-15-22(32)31(16-18)20-4-2-19(25)3-5-20/h2-5,14,18H,6-13,15-16H2,1H3. The Morgan fingerprint density at radius 2 is 1.71 bits per heavy atom. The number of piperazine rings is 1. The van der Waals surface area contributed by atoms with E-state index in [2.05, 4.69) is 14.8 Å². The fourth-order valence-electron chi connectivity index (χ4n) is 4.76. The summed E-state index contributed by atoms with van der Waals surface area (Å²) < 4.78 is 18.7. The number of hydrogen-bond donors (Lipinski definition) is 0. The maximum atomic E-state index is 13.2. The van der Waals surface area contributed by atoms with Crippen molar-refractivity contribution in [1.82, 2.24) is 14.9 Å². The zero-order valence-electron chi connectivity index (χ0n) is 19.3. The lowest BCUT2D eigenvalue weighted by Gasteiger charge is -2.36. The Labute approximate surface area is 198 Å². The minimum Gasteiger partial charge on any atom is -0.378 e. The predicted octanol–water partition coefficient (Wildman–Crippen LogP) is 1.46. The van der Waals surface area contributed by atoms with Gasteiger partial charge in [0.2, 0.25) is 17.8 Å². The van der Waals surface area contributed by atoms with Crippen LogP contribution in [-0.2, 0) is 14.3 Å². The Morgan fingerprint density at radius 1 is 1.00 bits per heavy atom. The summed E-state index contributed by atoms with van der Waals surface area (Å²) in [6, 6.07) is 7.81. The van der Waals surface area contributed by atoms with Crippen molar-refractivity contribution in [2.75, 3.05) is 73.7 Å². The molecule has 9 nitrogen and oxygen atoms in total. The smallest absolute Gasteiger partial charge is 0.228 e. The summed E-state index contributed by atoms with van der Waals surface area (Å²) in [7, 11) is 0. The van der Waals surface area contributed by atoms with Crippen LogP contribution in [0.4, 0.5) is 21.8 Å². The highest BCUT2D eigenvalue weighted by Gasteiger charge is 2.38. The third-order valence-electron chi connectivity index (χ3n) is 6.65. The number of aryl methyl sites for hydroxylation is 1. The molecule has 0 radical (unpaired) electrons. The van der Waals surface area contributed by atoms with Crippen LogP contribution < -0.4 is 14.7 Å². The number of ether oxygens (including phenoxy) is 1. The molecule has 34 heavy (non-hydrogen) atoms. The molecular weight excluding hydrogens is 439 g/mol. The average Bonchev–Trinajstić information content (AvgIpc) is 3.26. The second kappa shape index (κ2) is 9.54. The molecule has 3 aliphatic heterocycles. The van der Waals surface area contributed by atoms with E-state index in [9.17, 15) is 14.0 Å². The third kappa shape index (κ3) is 4.68. The van der Waals surface area contributed by atoms with Gasteiger partial charge in [-0.2, -0.15) is 4.98 Å². The Bertz CT molecular complexity index is 1050. The number of nitrogens with zero attached hydrogens (tertiary/aromatic N) is 6. The van der Waals surface area contributed by atoms with E-state index in [1.807, 2.05) is 17.9 Å². The summed E-state index contributed by atoms with van der Waals surface area (Å²) in [4.78, 5) is 42.8. The third-order valence-corrected chi connectivity index (χ3v) is 6.65. The number of aromatic nitrogens is 2. The molecule has 0 saturated carbocycles. The van der Waals surface area contributed by atoms with Gasteiger partial charge in [-0.05, 0) is 31.2 Å². The van der Waals surface area contributed by atoms with Gasteiger partial charge in [0.15, 0.2) is 0 Å². The van der Waals surface area contributed by atoms with Crippen molar-refractivity contribution in [2.24, 2.45) is 5.92 Å². The van der Waals surface area contributed by atoms with Crippen LogP contribution in [0.2, 0.25) is 0 Å². The van der Waals surface area contributed by atoms with Crippen LogP contribution in [0, 0.1) is 18.7 Å². The van der Waals surface area contributed by atoms with Gasteiger partial charge in [0.25, 0.3) is 0 Å². The number of carbonyl (C=O) groups is 2. The molecule has 10 heteroatoms. The van der Waals surface area contributed by atoms with Crippen molar-refractivity contribution < 1.29 is 18.7 Å². The molecule has 1 atom stereocenters. The Hall–Kier alpha value is -3.27. The maximum Gasteiger partial charge on any atom is 0.228 e. The summed E-state index contributed by atoms with van der Waals surface area (Å²) in [5.41, 5.74) is 1.54. The van der Waals surface area contributed by atoms with Crippen molar-refractivity contribution in [1.29, 1.82) is 0 Å². The summed E-state index contributed by atoms with van der Waals surface area (Å²) in [5, 5.41) is 0. The van der Waals surface area contributed by atoms with Gasteiger partial charge in [0, 0.05) is 69.7 Å². The second-order valence-corrected chi connectivity index (χ2v) is 8.96. The second-order valence-electron chi connectivity index (χ2n) is 8.96. The van der Waals surface area contributed by atoms with Gasteiger partial charge >= 0.3 is 0 Å². The Morgan fingerprint density at radius 3 is 2.41 bits per heavy atom. The van der Waals surface area contributed by atoms with E-state index in [1.165, 1.54) is 12.1 Å². The number of morpholine rings is 1. The SMILES string of the molecule is Cc1cc(N2CCOCC2)nc(N2CCN(C(=O)C3CC(=O)N(c4ccc(F)cc4)C3)CC2)n1. The van der Waals surface area contributed by atoms with E-state index in [4.69, 9.17) is 9.72 Å². The van der Waals surface area contributed by atoms with Gasteiger partial charge in [-0.1, -0.05) is 0 Å². The van der Waals surface area contributed by atoms with Gasteiger partial charge in [-0.3, -0.25) is 9.59 Å². The highest BCUT2D eigenvalue weighted by atomic mass is 19.1. The molecule has 5 rings (SSSR count). The van der Waals surface area contributed by atoms with E-state index >= 15 is 0 Å². The first-order chi connectivity index (χ1) is 16.5. The first-order valence-electron chi connectivity index (χ1n) is 11.8. The van der Waals surface area contributed by atoms with Crippen LogP contribution in [0.15, 0.2) is 30.3 Å². The van der Waals surface area contributed by atoms with Crippen LogP contribution in [-0.4, -0.2) is 85.7 Å². The predicted molar refractivity (Wildman–Crippen MR) is 125 cm³/mol. The number of hydrogen-bond acceptors (Lipinski definition) is 7. The first kappa shape index (κ1) is 22.5. The van der Waals surface area contributed by atoms with E-state index in [-0.39, 0.29) is 30.0 Å². The van der Waals surface area contributed by atoms with Gasteiger partial charge in [0.05, 0.1) is 19.1 Å². The van der Waals surface area contributed by atoms with Crippen molar-refractivity contribution in [3.05, 3.63) is 41.8 Å². The molecule has 0 bridgehead atoms. The summed E-state index contributed by atoms with van der Waals surface area (Å²) in [6.45, 7) is 7.71. The van der Waals surface area contributed by atoms with Crippen molar-refractivity contribution in [3.63, 3.8) is 0 Å². The molecule has 2 aromatic rings. The zero-order chi connectivity index (χ0) is 23.7. The summed E-state index contributed by atoms with van der Waals surface area (Å²) >= 11 is 0. The first-order valence-corrected chi connectivity index (χ1v) is 11.8. The van der Waals surface area contributed by atoms with E-state index in [1.54, 1.807) is 17.0 Å². The van der Waals surface area contributed by atoms with Crippen LogP contribution in [0.5, 0.6) is 0 Å². The topological polar surface area (TPSA) is 82.1 Å². The van der Waals surface area contributed by atoms with E-state index in [0.717, 1.165) is 24.6 Å². The molecule has 180 valence electrons. The number of halogens is 1. The molecule has 3 aliphatic rings. The summed E-state index contributed by atoms with van der Waals surface area (Å²) in [6.07, 6.45) is 0.181. The lowest BCUT2D eigenvalue weighted by Crippen LogP contribution is -2.51. The molecular formula is C24H29FN6O3. The van der Waals surface area contributed by atoms with Gasteiger partial charge < -0.3 is 24.3 Å². The molecule has 1 aromatic heterocycles. The molecule has 3 fully saturated rings. The van der Waals surface area contributed by atoms with Gasteiger partial charge in [-0.25, -0.2) is 9.37 Å². The average molecular weight is 469 g/mol. The Kier molecular flexibility index (Phi) is 6.32. The largest absolute Gasteiger partial charge is 0.378 e. The molecule has 2 amide bonds. The van der Waals surface area contributed by atoms with E-state index in [0.29, 0.717) is 57.6 Å². The lowest BCUT2D eigenvalue weighted by molar-refractivity contribution is -0.136. The van der Waals surface area contributed by atoms with Crippen LogP contribution in [0.3, 0.4) is 0 Å². The van der Waals surface area contributed by atoms with Crippen LogP contribution >= 0.6 is 0 Å². The number of anilines is 3. The number of benzene rings is 1. The van der Waals surface area contributed by atoms with Crippen molar-refractivity contribution in [2.45, 2.75) is 13.3 Å². The molecule has 3 saturated heterocycles. The summed E-state index contributed by atoms with van der Waals surface area (Å²) in [5.74, 6) is 0.758. The Balaban J connectivity index is 1.20. The lowest BCUT2D eigenvalue weighted by atomic mass is 10.1. The fraction of sp³-hybridized carbons (Fsp3) is 0.500. The molecule has 1 aromatic carbocycles. The number of amides is 2. The van der Waals surface area contributed by atoms with E-state index < -0.39 is 0 Å². The van der Waals surface area contributed by atoms with Gasteiger partial charge in [0.1, 0.15) is 11.6 Å². The molecule has 1 unspecified atom stereocenters. The number of carbonyl (C=O) groups excluding carboxylic acids is 2. The monoisotopic (exact) mass is 468 g/mol. The van der Waals surface area contributed by atoms with Crippen LogP contribution in [0.25, 0.3) is 0 Å².